The number of nitrogens with one attached hydrogen (secondary N) is 1. The van der Waals surface area contributed by atoms with Gasteiger partial charge in [-0.3, -0.25) is 4.79 Å². The standard InChI is InChI=1S/C17H14BrNO3S/c18-13-5-2-1-4-12(13)17(21)19-10-11-7-8-15(23-11)16(20)14-6-3-9-22-14/h1-9,16,20H,10H2,(H,19,21)/t16-/m1/s1. The third kappa shape index (κ3) is 3.72. The lowest BCUT2D eigenvalue weighted by Gasteiger charge is -2.06. The van der Waals surface area contributed by atoms with Gasteiger partial charge >= 0.3 is 0 Å². The molecule has 0 aliphatic rings. The molecule has 0 aliphatic carbocycles. The van der Waals surface area contributed by atoms with Crippen LogP contribution in [-0.2, 0) is 6.54 Å². The Balaban J connectivity index is 1.64. The molecule has 0 saturated heterocycles. The highest BCUT2D eigenvalue weighted by Gasteiger charge is 2.16. The first-order valence-electron chi connectivity index (χ1n) is 6.98. The van der Waals surface area contributed by atoms with Crippen molar-refractivity contribution in [3.8, 4) is 0 Å². The summed E-state index contributed by atoms with van der Waals surface area (Å²) in [4.78, 5) is 13.9. The number of aliphatic hydroxyl groups is 1. The van der Waals surface area contributed by atoms with Gasteiger partial charge in [0.05, 0.1) is 18.4 Å². The van der Waals surface area contributed by atoms with Crippen LogP contribution in [0, 0.1) is 0 Å². The van der Waals surface area contributed by atoms with E-state index in [1.165, 1.54) is 17.6 Å². The maximum Gasteiger partial charge on any atom is 0.252 e. The van der Waals surface area contributed by atoms with Crippen molar-refractivity contribution in [2.45, 2.75) is 12.6 Å². The summed E-state index contributed by atoms with van der Waals surface area (Å²) in [7, 11) is 0. The minimum Gasteiger partial charge on any atom is -0.466 e. The van der Waals surface area contributed by atoms with Crippen LogP contribution in [0.4, 0.5) is 0 Å². The molecule has 2 aromatic heterocycles. The van der Waals surface area contributed by atoms with E-state index in [2.05, 4.69) is 21.2 Å². The second-order valence-corrected chi connectivity index (χ2v) is 6.94. The highest BCUT2D eigenvalue weighted by atomic mass is 79.9. The van der Waals surface area contributed by atoms with E-state index in [1.807, 2.05) is 30.3 Å². The van der Waals surface area contributed by atoms with E-state index in [-0.39, 0.29) is 5.91 Å². The van der Waals surface area contributed by atoms with Gasteiger partial charge in [0.2, 0.25) is 0 Å². The molecule has 1 aromatic carbocycles. The molecule has 1 amide bonds. The van der Waals surface area contributed by atoms with Crippen molar-refractivity contribution >= 4 is 33.2 Å². The molecule has 3 aromatic rings. The lowest BCUT2D eigenvalue weighted by atomic mass is 10.2. The Hall–Kier alpha value is -1.89. The molecule has 0 saturated carbocycles. The Morgan fingerprint density at radius 2 is 2.04 bits per heavy atom. The fraction of sp³-hybridized carbons (Fsp3) is 0.118. The third-order valence-corrected chi connectivity index (χ3v) is 5.14. The summed E-state index contributed by atoms with van der Waals surface area (Å²) >= 11 is 4.81. The highest BCUT2D eigenvalue weighted by molar-refractivity contribution is 9.10. The van der Waals surface area contributed by atoms with Crippen LogP contribution in [-0.4, -0.2) is 11.0 Å². The van der Waals surface area contributed by atoms with Crippen molar-refractivity contribution < 1.29 is 14.3 Å². The number of furan rings is 1. The number of thiophene rings is 1. The third-order valence-electron chi connectivity index (χ3n) is 3.31. The second kappa shape index (κ2) is 7.12. The number of aliphatic hydroxyl groups excluding tert-OH is 1. The highest BCUT2D eigenvalue weighted by Crippen LogP contribution is 2.28. The van der Waals surface area contributed by atoms with Gasteiger partial charge < -0.3 is 14.8 Å². The van der Waals surface area contributed by atoms with Crippen LogP contribution in [0.2, 0.25) is 0 Å². The smallest absolute Gasteiger partial charge is 0.252 e. The van der Waals surface area contributed by atoms with Gasteiger partial charge in [0, 0.05) is 14.2 Å². The zero-order valence-electron chi connectivity index (χ0n) is 12.0. The second-order valence-electron chi connectivity index (χ2n) is 4.88. The number of amides is 1. The van der Waals surface area contributed by atoms with Gasteiger partial charge in [0.25, 0.3) is 5.91 Å². The van der Waals surface area contributed by atoms with Crippen molar-refractivity contribution in [3.63, 3.8) is 0 Å². The van der Waals surface area contributed by atoms with E-state index in [0.29, 0.717) is 17.9 Å². The minimum absolute atomic E-state index is 0.140. The van der Waals surface area contributed by atoms with Crippen molar-refractivity contribution in [1.82, 2.24) is 5.32 Å². The molecule has 6 heteroatoms. The number of rotatable bonds is 5. The normalized spacial score (nSPS) is 12.1. The van der Waals surface area contributed by atoms with E-state index in [4.69, 9.17) is 4.42 Å². The van der Waals surface area contributed by atoms with E-state index in [9.17, 15) is 9.90 Å². The van der Waals surface area contributed by atoms with Gasteiger partial charge in [-0.05, 0) is 52.3 Å². The first-order chi connectivity index (χ1) is 11.1. The zero-order chi connectivity index (χ0) is 16.2. The van der Waals surface area contributed by atoms with Gasteiger partial charge in [0.15, 0.2) is 0 Å². The molecule has 4 nitrogen and oxygen atoms in total. The monoisotopic (exact) mass is 391 g/mol. The van der Waals surface area contributed by atoms with Crippen molar-refractivity contribution in [3.05, 3.63) is 80.3 Å². The molecule has 118 valence electrons. The molecule has 0 unspecified atom stereocenters. The summed E-state index contributed by atoms with van der Waals surface area (Å²) in [6.07, 6.45) is 0.757. The number of benzene rings is 1. The molecule has 0 fully saturated rings. The first-order valence-corrected chi connectivity index (χ1v) is 8.59. The van der Waals surface area contributed by atoms with Crippen LogP contribution in [0.1, 0.15) is 32.0 Å². The summed E-state index contributed by atoms with van der Waals surface area (Å²) in [6.45, 7) is 0.412. The summed E-state index contributed by atoms with van der Waals surface area (Å²) in [5, 5.41) is 13.1. The predicted molar refractivity (Wildman–Crippen MR) is 92.4 cm³/mol. The molecule has 0 radical (unpaired) electrons. The molecular weight excluding hydrogens is 378 g/mol. The largest absolute Gasteiger partial charge is 0.466 e. The minimum atomic E-state index is -0.775. The van der Waals surface area contributed by atoms with Crippen LogP contribution >= 0.6 is 27.3 Å². The average Bonchev–Trinajstić information content (AvgIpc) is 3.24. The van der Waals surface area contributed by atoms with Gasteiger partial charge in [-0.1, -0.05) is 12.1 Å². The maximum absolute atomic E-state index is 12.2. The van der Waals surface area contributed by atoms with Crippen molar-refractivity contribution in [2.24, 2.45) is 0 Å². The van der Waals surface area contributed by atoms with Crippen LogP contribution < -0.4 is 5.32 Å². The van der Waals surface area contributed by atoms with Gasteiger partial charge in [0.1, 0.15) is 11.9 Å². The molecule has 23 heavy (non-hydrogen) atoms. The first kappa shape index (κ1) is 16.0. The molecule has 3 rings (SSSR count). The lowest BCUT2D eigenvalue weighted by Crippen LogP contribution is -2.22. The quantitative estimate of drug-likeness (QED) is 0.687. The Labute approximate surface area is 145 Å². The van der Waals surface area contributed by atoms with Crippen LogP contribution in [0.3, 0.4) is 0 Å². The number of hydrogen-bond donors (Lipinski definition) is 2. The summed E-state index contributed by atoms with van der Waals surface area (Å²) in [5.41, 5.74) is 0.597. The Kier molecular flexibility index (Phi) is 4.95. The van der Waals surface area contributed by atoms with E-state index in [1.54, 1.807) is 18.2 Å². The molecule has 0 spiro atoms. The van der Waals surface area contributed by atoms with Crippen LogP contribution in [0.5, 0.6) is 0 Å². The average molecular weight is 392 g/mol. The summed E-state index contributed by atoms with van der Waals surface area (Å²) < 4.78 is 5.97. The molecule has 2 N–H and O–H groups in total. The number of hydrogen-bond acceptors (Lipinski definition) is 4. The van der Waals surface area contributed by atoms with Crippen LogP contribution in [0.25, 0.3) is 0 Å². The topological polar surface area (TPSA) is 62.5 Å². The molecule has 2 heterocycles. The van der Waals surface area contributed by atoms with E-state index < -0.39 is 6.10 Å². The van der Waals surface area contributed by atoms with Crippen LogP contribution in [0.15, 0.2) is 63.7 Å². The van der Waals surface area contributed by atoms with Gasteiger partial charge in [-0.15, -0.1) is 11.3 Å². The number of carbonyl (C=O) groups excluding carboxylic acids is 1. The lowest BCUT2D eigenvalue weighted by molar-refractivity contribution is 0.0950. The molecular formula is C17H14BrNO3S. The van der Waals surface area contributed by atoms with E-state index in [0.717, 1.165) is 14.2 Å². The SMILES string of the molecule is O=C(NCc1ccc([C@H](O)c2ccco2)s1)c1ccccc1Br. The number of halogens is 1. The Morgan fingerprint density at radius 1 is 1.22 bits per heavy atom. The summed E-state index contributed by atoms with van der Waals surface area (Å²) in [6, 6.07) is 14.5. The molecule has 0 bridgehead atoms. The number of carbonyl (C=O) groups is 1. The molecule has 1 atom stereocenters. The van der Waals surface area contributed by atoms with E-state index >= 15 is 0 Å². The maximum atomic E-state index is 12.2. The fourth-order valence-corrected chi connectivity index (χ4v) is 3.54. The Morgan fingerprint density at radius 3 is 2.78 bits per heavy atom. The zero-order valence-corrected chi connectivity index (χ0v) is 14.4. The predicted octanol–water partition coefficient (Wildman–Crippen LogP) is 4.12. The summed E-state index contributed by atoms with van der Waals surface area (Å²) in [5.74, 6) is 0.370. The molecule has 0 aliphatic heterocycles. The van der Waals surface area contributed by atoms with Gasteiger partial charge in [-0.2, -0.15) is 0 Å². The van der Waals surface area contributed by atoms with Gasteiger partial charge in [-0.25, -0.2) is 0 Å². The Bertz CT molecular complexity index is 798. The van der Waals surface area contributed by atoms with Crippen molar-refractivity contribution in [2.75, 3.05) is 0 Å². The van der Waals surface area contributed by atoms with Crippen molar-refractivity contribution in [1.29, 1.82) is 0 Å². The fourth-order valence-electron chi connectivity index (χ4n) is 2.13.